The van der Waals surface area contributed by atoms with E-state index in [-0.39, 0.29) is 5.41 Å². The van der Waals surface area contributed by atoms with Crippen LogP contribution in [0, 0.1) is 0 Å². The van der Waals surface area contributed by atoms with Crippen LogP contribution in [-0.2, 0) is 5.41 Å². The average molecular weight is 473 g/mol. The maximum atomic E-state index is 3.63. The smallest absolute Gasteiger partial charge is 0.0622 e. The van der Waals surface area contributed by atoms with Crippen LogP contribution in [0.1, 0.15) is 22.3 Å². The lowest BCUT2D eigenvalue weighted by Crippen LogP contribution is -2.28. The van der Waals surface area contributed by atoms with Crippen molar-refractivity contribution < 1.29 is 0 Å². The van der Waals surface area contributed by atoms with Gasteiger partial charge in [0.25, 0.3) is 0 Å². The molecule has 1 aliphatic carbocycles. The molecule has 0 saturated heterocycles. The van der Waals surface area contributed by atoms with Crippen LogP contribution in [0.2, 0.25) is 0 Å². The Hall–Kier alpha value is -3.42. The number of benzene rings is 5. The van der Waals surface area contributed by atoms with Crippen molar-refractivity contribution in [3.05, 3.63) is 154 Å². The molecule has 0 saturated carbocycles. The number of halogens is 1. The lowest BCUT2D eigenvalue weighted by molar-refractivity contribution is 0.768. The van der Waals surface area contributed by atoms with Crippen molar-refractivity contribution in [2.45, 2.75) is 5.41 Å². The van der Waals surface area contributed by atoms with E-state index < -0.39 is 0 Å². The maximum absolute atomic E-state index is 3.63. The average Bonchev–Trinajstić information content (AvgIpc) is 3.17. The SMILES string of the molecule is Brc1ccc(C2(c3ccc(-c4ccccc4)cc3)c3ccccc3-c3ccccc32)cc1. The van der Waals surface area contributed by atoms with Crippen LogP contribution in [0.5, 0.6) is 0 Å². The van der Waals surface area contributed by atoms with E-state index in [2.05, 4.69) is 143 Å². The first-order valence-electron chi connectivity index (χ1n) is 10.9. The normalized spacial score (nSPS) is 13.4. The van der Waals surface area contributed by atoms with E-state index in [0.29, 0.717) is 0 Å². The highest BCUT2D eigenvalue weighted by atomic mass is 79.9. The Morgan fingerprint density at radius 2 is 0.844 bits per heavy atom. The third kappa shape index (κ3) is 2.82. The second kappa shape index (κ2) is 7.62. The molecule has 0 aliphatic heterocycles. The summed E-state index contributed by atoms with van der Waals surface area (Å²) in [5.41, 5.74) is 10.0. The first kappa shape index (κ1) is 19.3. The maximum Gasteiger partial charge on any atom is 0.0713 e. The molecular formula is C31H21Br. The third-order valence-electron chi connectivity index (χ3n) is 6.65. The Labute approximate surface area is 197 Å². The lowest BCUT2D eigenvalue weighted by atomic mass is 9.67. The number of hydrogen-bond donors (Lipinski definition) is 0. The highest BCUT2D eigenvalue weighted by molar-refractivity contribution is 9.10. The monoisotopic (exact) mass is 472 g/mol. The van der Waals surface area contributed by atoms with Gasteiger partial charge in [0.05, 0.1) is 5.41 Å². The Morgan fingerprint density at radius 1 is 0.406 bits per heavy atom. The molecular weight excluding hydrogens is 452 g/mol. The zero-order valence-electron chi connectivity index (χ0n) is 17.5. The standard InChI is InChI=1S/C31H21Br/c32-26-20-18-25(19-21-26)31(24-16-14-23(15-17-24)22-8-2-1-3-9-22)29-12-6-4-10-27(29)28-11-5-7-13-30(28)31/h1-21H. The van der Waals surface area contributed by atoms with Gasteiger partial charge in [-0.1, -0.05) is 131 Å². The number of rotatable bonds is 3. The van der Waals surface area contributed by atoms with E-state index >= 15 is 0 Å². The van der Waals surface area contributed by atoms with E-state index in [0.717, 1.165) is 4.47 Å². The molecule has 1 aliphatic rings. The zero-order valence-corrected chi connectivity index (χ0v) is 19.1. The Morgan fingerprint density at radius 3 is 1.41 bits per heavy atom. The van der Waals surface area contributed by atoms with Gasteiger partial charge in [-0.05, 0) is 56.6 Å². The predicted molar refractivity (Wildman–Crippen MR) is 137 cm³/mol. The lowest BCUT2D eigenvalue weighted by Gasteiger charge is -2.34. The summed E-state index contributed by atoms with van der Waals surface area (Å²) in [6.07, 6.45) is 0. The van der Waals surface area contributed by atoms with Gasteiger partial charge in [0.1, 0.15) is 0 Å². The van der Waals surface area contributed by atoms with Gasteiger partial charge in [-0.2, -0.15) is 0 Å². The fourth-order valence-electron chi connectivity index (χ4n) is 5.27. The molecule has 0 atom stereocenters. The van der Waals surface area contributed by atoms with Crippen molar-refractivity contribution in [1.82, 2.24) is 0 Å². The molecule has 32 heavy (non-hydrogen) atoms. The van der Waals surface area contributed by atoms with Gasteiger partial charge in [-0.15, -0.1) is 0 Å². The molecule has 1 heteroatoms. The molecule has 0 unspecified atom stereocenters. The van der Waals surface area contributed by atoms with Gasteiger partial charge < -0.3 is 0 Å². The van der Waals surface area contributed by atoms with Crippen LogP contribution in [0.25, 0.3) is 22.3 Å². The summed E-state index contributed by atoms with van der Waals surface area (Å²) in [5, 5.41) is 0. The summed E-state index contributed by atoms with van der Waals surface area (Å²) in [5.74, 6) is 0. The van der Waals surface area contributed by atoms with E-state index in [4.69, 9.17) is 0 Å². The molecule has 6 rings (SSSR count). The van der Waals surface area contributed by atoms with Crippen LogP contribution in [0.15, 0.2) is 132 Å². The molecule has 152 valence electrons. The topological polar surface area (TPSA) is 0 Å². The molecule has 0 amide bonds. The van der Waals surface area contributed by atoms with Crippen LogP contribution in [-0.4, -0.2) is 0 Å². The van der Waals surface area contributed by atoms with Gasteiger partial charge in [0.15, 0.2) is 0 Å². The molecule has 0 radical (unpaired) electrons. The van der Waals surface area contributed by atoms with Crippen LogP contribution >= 0.6 is 15.9 Å². The van der Waals surface area contributed by atoms with Gasteiger partial charge in [-0.3, -0.25) is 0 Å². The molecule has 0 aromatic heterocycles. The highest BCUT2D eigenvalue weighted by Gasteiger charge is 2.45. The van der Waals surface area contributed by atoms with Gasteiger partial charge >= 0.3 is 0 Å². The summed E-state index contributed by atoms with van der Waals surface area (Å²) >= 11 is 3.63. The molecule has 5 aromatic rings. The second-order valence-corrected chi connectivity index (χ2v) is 9.21. The minimum atomic E-state index is -0.344. The molecule has 0 heterocycles. The zero-order chi connectivity index (χ0) is 21.5. The fraction of sp³-hybridized carbons (Fsp3) is 0.0323. The quantitative estimate of drug-likeness (QED) is 0.242. The van der Waals surface area contributed by atoms with Gasteiger partial charge in [0, 0.05) is 4.47 Å². The van der Waals surface area contributed by atoms with E-state index in [1.807, 2.05) is 0 Å². The van der Waals surface area contributed by atoms with Crippen LogP contribution in [0.4, 0.5) is 0 Å². The van der Waals surface area contributed by atoms with Crippen molar-refractivity contribution >= 4 is 15.9 Å². The van der Waals surface area contributed by atoms with Crippen molar-refractivity contribution in [3.63, 3.8) is 0 Å². The third-order valence-corrected chi connectivity index (χ3v) is 7.18. The summed E-state index contributed by atoms with van der Waals surface area (Å²) in [6.45, 7) is 0. The van der Waals surface area contributed by atoms with E-state index in [1.165, 1.54) is 44.5 Å². The summed E-state index contributed by atoms with van der Waals surface area (Å²) in [6, 6.07) is 46.3. The Kier molecular flexibility index (Phi) is 4.59. The van der Waals surface area contributed by atoms with Crippen molar-refractivity contribution in [1.29, 1.82) is 0 Å². The predicted octanol–water partition coefficient (Wildman–Crippen LogP) is 8.48. The van der Waals surface area contributed by atoms with Crippen molar-refractivity contribution in [2.75, 3.05) is 0 Å². The Bertz CT molecular complexity index is 1350. The summed E-state index contributed by atoms with van der Waals surface area (Å²) < 4.78 is 1.09. The molecule has 0 N–H and O–H groups in total. The van der Waals surface area contributed by atoms with Crippen molar-refractivity contribution in [3.8, 4) is 22.3 Å². The fourth-order valence-corrected chi connectivity index (χ4v) is 5.53. The molecule has 0 fully saturated rings. The highest BCUT2D eigenvalue weighted by Crippen LogP contribution is 2.56. The Balaban J connectivity index is 1.65. The van der Waals surface area contributed by atoms with E-state index in [9.17, 15) is 0 Å². The van der Waals surface area contributed by atoms with Gasteiger partial charge in [0.2, 0.25) is 0 Å². The molecule has 5 aromatic carbocycles. The molecule has 0 nitrogen and oxygen atoms in total. The van der Waals surface area contributed by atoms with Crippen LogP contribution in [0.3, 0.4) is 0 Å². The summed E-state index contributed by atoms with van der Waals surface area (Å²) in [4.78, 5) is 0. The minimum Gasteiger partial charge on any atom is -0.0622 e. The second-order valence-electron chi connectivity index (χ2n) is 8.29. The minimum absolute atomic E-state index is 0.344. The summed E-state index contributed by atoms with van der Waals surface area (Å²) in [7, 11) is 0. The van der Waals surface area contributed by atoms with E-state index in [1.54, 1.807) is 0 Å². The largest absolute Gasteiger partial charge is 0.0713 e. The number of fused-ring (bicyclic) bond motifs is 3. The first-order valence-corrected chi connectivity index (χ1v) is 11.7. The van der Waals surface area contributed by atoms with Gasteiger partial charge in [-0.25, -0.2) is 0 Å². The van der Waals surface area contributed by atoms with Crippen molar-refractivity contribution in [2.24, 2.45) is 0 Å². The first-order chi connectivity index (χ1) is 15.8. The molecule has 0 spiro atoms. The number of hydrogen-bond acceptors (Lipinski definition) is 0. The molecule has 0 bridgehead atoms. The van der Waals surface area contributed by atoms with Crippen LogP contribution < -0.4 is 0 Å².